The summed E-state index contributed by atoms with van der Waals surface area (Å²) in [6.45, 7) is 5.80. The molecule has 2 rings (SSSR count). The van der Waals surface area contributed by atoms with Crippen LogP contribution in [0, 0.1) is 0 Å². The third-order valence-corrected chi connectivity index (χ3v) is 3.55. The molecule has 2 heterocycles. The first kappa shape index (κ1) is 15.5. The molecule has 0 saturated carbocycles. The van der Waals surface area contributed by atoms with Crippen molar-refractivity contribution in [1.82, 2.24) is 20.1 Å². The number of piperazine rings is 1. The lowest BCUT2D eigenvalue weighted by atomic mass is 10.3. The van der Waals surface area contributed by atoms with Gasteiger partial charge in [-0.3, -0.25) is 4.79 Å². The molecule has 1 aliphatic rings. The van der Waals surface area contributed by atoms with Crippen LogP contribution < -0.4 is 10.6 Å². The zero-order valence-corrected chi connectivity index (χ0v) is 12.0. The fraction of sp³-hybridized carbons (Fsp3) is 0.571. The Morgan fingerprint density at radius 2 is 2.10 bits per heavy atom. The number of hydrogen-bond donors (Lipinski definition) is 3. The molecule has 7 nitrogen and oxygen atoms in total. The van der Waals surface area contributed by atoms with Crippen LogP contribution in [0.4, 0.5) is 0 Å². The summed E-state index contributed by atoms with van der Waals surface area (Å²) in [5.41, 5.74) is 0.131. The molecule has 0 aliphatic carbocycles. The normalized spacial score (nSPS) is 15.8. The van der Waals surface area contributed by atoms with Gasteiger partial charge in [-0.1, -0.05) is 0 Å². The van der Waals surface area contributed by atoms with Crippen LogP contribution in [0.25, 0.3) is 0 Å². The summed E-state index contributed by atoms with van der Waals surface area (Å²) >= 11 is 0. The third-order valence-electron chi connectivity index (χ3n) is 3.55. The van der Waals surface area contributed by atoms with Gasteiger partial charge in [0.05, 0.1) is 0 Å². The van der Waals surface area contributed by atoms with Gasteiger partial charge in [0.25, 0.3) is 0 Å². The van der Waals surface area contributed by atoms with Gasteiger partial charge in [-0.05, 0) is 25.1 Å². The van der Waals surface area contributed by atoms with Gasteiger partial charge in [0.2, 0.25) is 5.91 Å². The molecule has 0 radical (unpaired) electrons. The van der Waals surface area contributed by atoms with Crippen molar-refractivity contribution in [3.05, 3.63) is 24.0 Å². The Morgan fingerprint density at radius 1 is 1.33 bits per heavy atom. The maximum Gasteiger partial charge on any atom is 0.352 e. The average Bonchev–Trinajstić information content (AvgIpc) is 2.93. The van der Waals surface area contributed by atoms with E-state index in [2.05, 4.69) is 15.5 Å². The van der Waals surface area contributed by atoms with Crippen molar-refractivity contribution in [2.24, 2.45) is 0 Å². The number of carbonyl (C=O) groups is 2. The molecule has 0 aromatic carbocycles. The maximum atomic E-state index is 11.8. The SMILES string of the molecule is O=C(Cn1cccc1C(=O)O)NCCCN1CCNCC1. The Bertz CT molecular complexity index is 480. The molecule has 0 bridgehead atoms. The van der Waals surface area contributed by atoms with Gasteiger partial charge in [0, 0.05) is 38.9 Å². The summed E-state index contributed by atoms with van der Waals surface area (Å²) in [7, 11) is 0. The number of carboxylic acids is 1. The van der Waals surface area contributed by atoms with Crippen molar-refractivity contribution in [2.45, 2.75) is 13.0 Å². The summed E-state index contributed by atoms with van der Waals surface area (Å²) in [6, 6.07) is 3.11. The Kier molecular flexibility index (Phi) is 5.77. The number of amides is 1. The molecule has 3 N–H and O–H groups in total. The molecular weight excluding hydrogens is 272 g/mol. The highest BCUT2D eigenvalue weighted by molar-refractivity contribution is 5.86. The highest BCUT2D eigenvalue weighted by Crippen LogP contribution is 2.02. The fourth-order valence-electron chi connectivity index (χ4n) is 2.42. The first-order chi connectivity index (χ1) is 10.2. The van der Waals surface area contributed by atoms with E-state index in [1.807, 2.05) is 0 Å². The van der Waals surface area contributed by atoms with E-state index < -0.39 is 5.97 Å². The van der Waals surface area contributed by atoms with Crippen molar-refractivity contribution in [3.63, 3.8) is 0 Å². The second-order valence-corrected chi connectivity index (χ2v) is 5.12. The predicted octanol–water partition coefficient (Wildman–Crippen LogP) is -0.402. The molecule has 21 heavy (non-hydrogen) atoms. The molecule has 0 spiro atoms. The monoisotopic (exact) mass is 294 g/mol. The third kappa shape index (κ3) is 4.87. The molecule has 0 atom stereocenters. The van der Waals surface area contributed by atoms with Gasteiger partial charge in [0.15, 0.2) is 0 Å². The van der Waals surface area contributed by atoms with E-state index in [9.17, 15) is 9.59 Å². The summed E-state index contributed by atoms with van der Waals surface area (Å²) in [4.78, 5) is 25.1. The minimum atomic E-state index is -1.02. The minimum Gasteiger partial charge on any atom is -0.477 e. The van der Waals surface area contributed by atoms with E-state index in [0.717, 1.165) is 39.1 Å². The number of carboxylic acid groups (broad SMARTS) is 1. The van der Waals surface area contributed by atoms with E-state index in [0.29, 0.717) is 6.54 Å². The summed E-state index contributed by atoms with van der Waals surface area (Å²) in [6.07, 6.45) is 2.51. The van der Waals surface area contributed by atoms with Gasteiger partial charge in [0.1, 0.15) is 12.2 Å². The zero-order chi connectivity index (χ0) is 15.1. The highest BCUT2D eigenvalue weighted by Gasteiger charge is 2.12. The molecule has 116 valence electrons. The summed E-state index contributed by atoms with van der Waals surface area (Å²) in [5.74, 6) is -1.18. The summed E-state index contributed by atoms with van der Waals surface area (Å²) in [5, 5.41) is 15.1. The second-order valence-electron chi connectivity index (χ2n) is 5.12. The number of nitrogens with one attached hydrogen (secondary N) is 2. The van der Waals surface area contributed by atoms with E-state index in [1.54, 1.807) is 12.3 Å². The van der Waals surface area contributed by atoms with Crippen molar-refractivity contribution in [3.8, 4) is 0 Å². The minimum absolute atomic E-state index is 0.0439. The quantitative estimate of drug-likeness (QED) is 0.596. The first-order valence-electron chi connectivity index (χ1n) is 7.25. The smallest absolute Gasteiger partial charge is 0.352 e. The number of hydrogen-bond acceptors (Lipinski definition) is 4. The maximum absolute atomic E-state index is 11.8. The highest BCUT2D eigenvalue weighted by atomic mass is 16.4. The lowest BCUT2D eigenvalue weighted by Gasteiger charge is -2.27. The number of aromatic carboxylic acids is 1. The first-order valence-corrected chi connectivity index (χ1v) is 7.25. The molecule has 1 aromatic rings. The molecule has 1 amide bonds. The van der Waals surface area contributed by atoms with Crippen molar-refractivity contribution >= 4 is 11.9 Å². The molecule has 1 fully saturated rings. The molecule has 1 aliphatic heterocycles. The Hall–Kier alpha value is -1.86. The Labute approximate surface area is 123 Å². The number of aromatic nitrogens is 1. The van der Waals surface area contributed by atoms with Crippen molar-refractivity contribution < 1.29 is 14.7 Å². The van der Waals surface area contributed by atoms with Crippen LogP contribution in [0.3, 0.4) is 0 Å². The van der Waals surface area contributed by atoms with Gasteiger partial charge in [-0.15, -0.1) is 0 Å². The predicted molar refractivity (Wildman–Crippen MR) is 78.3 cm³/mol. The topological polar surface area (TPSA) is 86.6 Å². The van der Waals surface area contributed by atoms with Crippen LogP contribution in [0.1, 0.15) is 16.9 Å². The standard InChI is InChI=1S/C14H22N4O3/c19-13(11-18-8-1-3-12(18)14(20)21)16-4-2-7-17-9-5-15-6-10-17/h1,3,8,15H,2,4-7,9-11H2,(H,16,19)(H,20,21). The van der Waals surface area contributed by atoms with Crippen LogP contribution in [0.15, 0.2) is 18.3 Å². The van der Waals surface area contributed by atoms with Gasteiger partial charge < -0.3 is 25.2 Å². The van der Waals surface area contributed by atoms with E-state index in [4.69, 9.17) is 5.11 Å². The lowest BCUT2D eigenvalue weighted by molar-refractivity contribution is -0.121. The number of nitrogens with zero attached hydrogens (tertiary/aromatic N) is 2. The lowest BCUT2D eigenvalue weighted by Crippen LogP contribution is -2.44. The van der Waals surface area contributed by atoms with Crippen molar-refractivity contribution in [2.75, 3.05) is 39.3 Å². The van der Waals surface area contributed by atoms with E-state index in [-0.39, 0.29) is 18.1 Å². The van der Waals surface area contributed by atoms with Crippen LogP contribution >= 0.6 is 0 Å². The molecular formula is C14H22N4O3. The average molecular weight is 294 g/mol. The molecule has 1 saturated heterocycles. The van der Waals surface area contributed by atoms with Crippen LogP contribution in [0.5, 0.6) is 0 Å². The Morgan fingerprint density at radius 3 is 2.81 bits per heavy atom. The van der Waals surface area contributed by atoms with Crippen molar-refractivity contribution in [1.29, 1.82) is 0 Å². The molecule has 0 unspecified atom stereocenters. The van der Waals surface area contributed by atoms with Crippen LogP contribution in [-0.2, 0) is 11.3 Å². The largest absolute Gasteiger partial charge is 0.477 e. The molecule has 1 aromatic heterocycles. The molecule has 7 heteroatoms. The van der Waals surface area contributed by atoms with Gasteiger partial charge >= 0.3 is 5.97 Å². The Balaban J connectivity index is 1.65. The number of rotatable bonds is 7. The fourth-order valence-corrected chi connectivity index (χ4v) is 2.42. The van der Waals surface area contributed by atoms with E-state index >= 15 is 0 Å². The van der Waals surface area contributed by atoms with Gasteiger partial charge in [-0.2, -0.15) is 0 Å². The summed E-state index contributed by atoms with van der Waals surface area (Å²) < 4.78 is 1.44. The zero-order valence-electron chi connectivity index (χ0n) is 12.0. The van der Waals surface area contributed by atoms with Crippen LogP contribution in [-0.4, -0.2) is 65.7 Å². The number of carbonyl (C=O) groups excluding carboxylic acids is 1. The van der Waals surface area contributed by atoms with Gasteiger partial charge in [-0.25, -0.2) is 4.79 Å². The van der Waals surface area contributed by atoms with E-state index in [1.165, 1.54) is 10.6 Å². The second kappa shape index (κ2) is 7.80. The van der Waals surface area contributed by atoms with Crippen LogP contribution in [0.2, 0.25) is 0 Å².